The Labute approximate surface area is 200 Å². The molecule has 1 aromatic heterocycles. The van der Waals surface area contributed by atoms with E-state index in [-0.39, 0.29) is 23.3 Å². The highest BCUT2D eigenvalue weighted by Crippen LogP contribution is 2.45. The van der Waals surface area contributed by atoms with Gasteiger partial charge in [0.15, 0.2) is 11.6 Å². The van der Waals surface area contributed by atoms with Crippen molar-refractivity contribution in [1.29, 1.82) is 0 Å². The fraction of sp³-hybridized carbons (Fsp3) is 0.783. The van der Waals surface area contributed by atoms with Crippen molar-refractivity contribution in [3.63, 3.8) is 0 Å². The number of aliphatic hydroxyl groups excluding tert-OH is 1. The Balaban J connectivity index is 0.000000914. The second kappa shape index (κ2) is 11.1. The molecule has 3 atom stereocenters. The number of likely N-dealkylation sites (tertiary alicyclic amines) is 1. The molecule has 1 aromatic rings. The smallest absolute Gasteiger partial charge is 0.291 e. The van der Waals surface area contributed by atoms with Gasteiger partial charge in [0.05, 0.1) is 29.5 Å². The van der Waals surface area contributed by atoms with Gasteiger partial charge < -0.3 is 24.4 Å². The third-order valence-electron chi connectivity index (χ3n) is 6.27. The molecular weight excluding hydrogens is 444 g/mol. The molecule has 4 rings (SSSR count). The molecule has 1 unspecified atom stereocenters. The molecule has 2 fully saturated rings. The number of anilines is 1. The Morgan fingerprint density at radius 2 is 1.79 bits per heavy atom. The summed E-state index contributed by atoms with van der Waals surface area (Å²) in [5, 5.41) is 7.00. The van der Waals surface area contributed by atoms with Gasteiger partial charge >= 0.3 is 0 Å². The number of ether oxygens (including phenoxy) is 2. The Morgan fingerprint density at radius 1 is 1.18 bits per heavy atom. The standard InChI is InChI=1S/C20H30N4O4S.C2H6.CH4O/c1-13-10-27-11-20(4)12-28-14-15(19(2,3)29(5)26)21-16(22-17(14)24(13)20)18(25)23-8-6-7-9-23;2*1-2/h13H,6-12H2,1-5H3;1-2H3;2H,1H3/t13-,20+,29?;;/m1../s1. The molecule has 1 N–H and O–H groups in total. The Bertz CT molecular complexity index is 859. The summed E-state index contributed by atoms with van der Waals surface area (Å²) in [6.07, 6.45) is 3.64. The van der Waals surface area contributed by atoms with E-state index >= 15 is 0 Å². The van der Waals surface area contributed by atoms with Crippen LogP contribution >= 0.6 is 0 Å². The van der Waals surface area contributed by atoms with Crippen molar-refractivity contribution < 1.29 is 23.6 Å². The Hall–Kier alpha value is -1.78. The number of aliphatic hydroxyl groups is 1. The summed E-state index contributed by atoms with van der Waals surface area (Å²) in [6.45, 7) is 14.9. The van der Waals surface area contributed by atoms with Crippen LogP contribution in [0.25, 0.3) is 0 Å². The lowest BCUT2D eigenvalue weighted by atomic mass is 9.95. The van der Waals surface area contributed by atoms with Crippen molar-refractivity contribution in [2.75, 3.05) is 51.2 Å². The number of aromatic nitrogens is 2. The van der Waals surface area contributed by atoms with Gasteiger partial charge in [0.2, 0.25) is 5.82 Å². The number of carbonyl (C=O) groups is 1. The lowest BCUT2D eigenvalue weighted by Gasteiger charge is -2.51. The highest BCUT2D eigenvalue weighted by molar-refractivity contribution is 7.85. The predicted molar refractivity (Wildman–Crippen MR) is 130 cm³/mol. The van der Waals surface area contributed by atoms with Crippen molar-refractivity contribution in [2.24, 2.45) is 0 Å². The van der Waals surface area contributed by atoms with Crippen LogP contribution < -0.4 is 9.64 Å². The summed E-state index contributed by atoms with van der Waals surface area (Å²) in [5.74, 6) is 1.14. The van der Waals surface area contributed by atoms with Crippen molar-refractivity contribution in [3.8, 4) is 5.75 Å². The number of amides is 1. The van der Waals surface area contributed by atoms with Gasteiger partial charge in [-0.3, -0.25) is 9.00 Å². The SMILES string of the molecule is CC.CO.C[C@@H]1COC[C@@]2(C)COc3c(nc(C(=O)N4CCCC4)nc3C(C)(C)S(C)=O)N12. The predicted octanol–water partition coefficient (Wildman–Crippen LogP) is 2.34. The van der Waals surface area contributed by atoms with E-state index < -0.39 is 15.5 Å². The molecule has 4 heterocycles. The van der Waals surface area contributed by atoms with Gasteiger partial charge in [0, 0.05) is 37.3 Å². The maximum Gasteiger partial charge on any atom is 0.291 e. The van der Waals surface area contributed by atoms with Crippen LogP contribution in [0.4, 0.5) is 5.82 Å². The zero-order chi connectivity index (χ0) is 25.0. The van der Waals surface area contributed by atoms with Crippen LogP contribution in [0.1, 0.15) is 70.7 Å². The first-order chi connectivity index (χ1) is 15.6. The molecule has 188 valence electrons. The number of nitrogens with zero attached hydrogens (tertiary/aromatic N) is 4. The number of hydrogen-bond donors (Lipinski definition) is 1. The maximum absolute atomic E-state index is 13.1. The summed E-state index contributed by atoms with van der Waals surface area (Å²) in [7, 11) is -0.216. The van der Waals surface area contributed by atoms with Crippen LogP contribution in [0, 0.1) is 0 Å². The number of carbonyl (C=O) groups excluding carboxylic acids is 1. The minimum atomic E-state index is -1.22. The van der Waals surface area contributed by atoms with Gasteiger partial charge in [-0.2, -0.15) is 0 Å². The van der Waals surface area contributed by atoms with Gasteiger partial charge in [-0.25, -0.2) is 9.97 Å². The monoisotopic (exact) mass is 484 g/mol. The quantitative estimate of drug-likeness (QED) is 0.697. The zero-order valence-electron chi connectivity index (χ0n) is 21.3. The average Bonchev–Trinajstić information content (AvgIpc) is 3.35. The first-order valence-corrected chi connectivity index (χ1v) is 13.2. The third kappa shape index (κ3) is 5.17. The molecule has 3 aliphatic rings. The number of morpholine rings is 1. The first-order valence-electron chi connectivity index (χ1n) is 11.6. The van der Waals surface area contributed by atoms with E-state index in [0.717, 1.165) is 33.0 Å². The number of rotatable bonds is 3. The summed E-state index contributed by atoms with van der Waals surface area (Å²) in [5.41, 5.74) is 0.159. The summed E-state index contributed by atoms with van der Waals surface area (Å²) < 4.78 is 23.7. The molecule has 0 spiro atoms. The van der Waals surface area contributed by atoms with Gasteiger partial charge in [0.25, 0.3) is 5.91 Å². The van der Waals surface area contributed by atoms with E-state index in [9.17, 15) is 9.00 Å². The van der Waals surface area contributed by atoms with Crippen LogP contribution in [0.5, 0.6) is 5.75 Å². The number of hydrogen-bond acceptors (Lipinski definition) is 8. The van der Waals surface area contributed by atoms with E-state index in [1.807, 2.05) is 27.7 Å². The fourth-order valence-electron chi connectivity index (χ4n) is 4.37. The van der Waals surface area contributed by atoms with Crippen molar-refractivity contribution in [3.05, 3.63) is 11.5 Å². The van der Waals surface area contributed by atoms with Crippen molar-refractivity contribution in [1.82, 2.24) is 14.9 Å². The molecule has 9 nitrogen and oxygen atoms in total. The van der Waals surface area contributed by atoms with Crippen LogP contribution in [0.2, 0.25) is 0 Å². The van der Waals surface area contributed by atoms with Crippen molar-refractivity contribution >= 4 is 22.5 Å². The van der Waals surface area contributed by atoms with Gasteiger partial charge in [-0.15, -0.1) is 0 Å². The summed E-state index contributed by atoms with van der Waals surface area (Å²) in [6, 6.07) is 0.0733. The minimum Gasteiger partial charge on any atom is -0.485 e. The number of fused-ring (bicyclic) bond motifs is 3. The molecule has 2 saturated heterocycles. The summed E-state index contributed by atoms with van der Waals surface area (Å²) >= 11 is 0. The molecule has 10 heteroatoms. The largest absolute Gasteiger partial charge is 0.485 e. The fourth-order valence-corrected chi connectivity index (χ4v) is 4.78. The van der Waals surface area contributed by atoms with Crippen molar-refractivity contribution in [2.45, 2.75) is 70.7 Å². The van der Waals surface area contributed by atoms with Crippen LogP contribution in [-0.4, -0.2) is 87.9 Å². The normalized spacial score (nSPS) is 24.8. The average molecular weight is 485 g/mol. The van der Waals surface area contributed by atoms with E-state index in [1.54, 1.807) is 11.2 Å². The van der Waals surface area contributed by atoms with Gasteiger partial charge in [0.1, 0.15) is 12.3 Å². The Kier molecular flexibility index (Phi) is 9.24. The van der Waals surface area contributed by atoms with Gasteiger partial charge in [-0.1, -0.05) is 13.8 Å². The van der Waals surface area contributed by atoms with E-state index in [4.69, 9.17) is 19.6 Å². The Morgan fingerprint density at radius 3 is 2.36 bits per heavy atom. The molecule has 0 bridgehead atoms. The molecule has 0 radical (unpaired) electrons. The van der Waals surface area contributed by atoms with Crippen LogP contribution in [0.3, 0.4) is 0 Å². The lowest BCUT2D eigenvalue weighted by molar-refractivity contribution is 0.00694. The second-order valence-electron chi connectivity index (χ2n) is 9.03. The topological polar surface area (TPSA) is 105 Å². The van der Waals surface area contributed by atoms with Crippen LogP contribution in [-0.2, 0) is 20.3 Å². The molecule has 0 saturated carbocycles. The molecule has 33 heavy (non-hydrogen) atoms. The summed E-state index contributed by atoms with van der Waals surface area (Å²) in [4.78, 5) is 26.5. The maximum atomic E-state index is 13.1. The second-order valence-corrected chi connectivity index (χ2v) is 11.0. The third-order valence-corrected chi connectivity index (χ3v) is 7.90. The lowest BCUT2D eigenvalue weighted by Crippen LogP contribution is -2.64. The van der Waals surface area contributed by atoms with E-state index in [2.05, 4.69) is 23.7 Å². The molecule has 1 amide bonds. The van der Waals surface area contributed by atoms with E-state index in [0.29, 0.717) is 37.1 Å². The molecular formula is C23H40N4O5S. The molecule has 0 aromatic carbocycles. The first kappa shape index (κ1) is 27.5. The molecule has 3 aliphatic heterocycles. The highest BCUT2D eigenvalue weighted by Gasteiger charge is 2.48. The molecule has 0 aliphatic carbocycles. The van der Waals surface area contributed by atoms with E-state index in [1.165, 1.54) is 0 Å². The zero-order valence-corrected chi connectivity index (χ0v) is 22.1. The minimum absolute atomic E-state index is 0.0733. The highest BCUT2D eigenvalue weighted by atomic mass is 32.2. The van der Waals surface area contributed by atoms with Crippen LogP contribution in [0.15, 0.2) is 0 Å². The van der Waals surface area contributed by atoms with Gasteiger partial charge in [-0.05, 0) is 40.5 Å².